The fraction of sp³-hybridized carbons (Fsp3) is 0.500. The summed E-state index contributed by atoms with van der Waals surface area (Å²) in [5.74, 6) is 0.697. The zero-order chi connectivity index (χ0) is 9.68. The number of hydrogen-bond donors (Lipinski definition) is 1. The predicted molar refractivity (Wildman–Crippen MR) is 53.0 cm³/mol. The summed E-state index contributed by atoms with van der Waals surface area (Å²) in [4.78, 5) is 4.11. The van der Waals surface area contributed by atoms with Crippen molar-refractivity contribution in [3.05, 3.63) is 23.9 Å². The summed E-state index contributed by atoms with van der Waals surface area (Å²) in [6.07, 6.45) is 1.91. The number of nitrogens with one attached hydrogen (secondary N) is 1. The van der Waals surface area contributed by atoms with Crippen LogP contribution in [0.1, 0.15) is 12.5 Å². The molecule has 0 aliphatic rings. The van der Waals surface area contributed by atoms with E-state index < -0.39 is 0 Å². The Hall–Kier alpha value is -1.09. The molecule has 0 unspecified atom stereocenters. The Bertz CT molecular complexity index is 263. The molecule has 72 valence electrons. The third-order valence-electron chi connectivity index (χ3n) is 1.70. The molecule has 0 fully saturated rings. The van der Waals surface area contributed by atoms with Crippen molar-refractivity contribution >= 4 is 0 Å². The molecule has 0 aliphatic carbocycles. The van der Waals surface area contributed by atoms with Gasteiger partial charge >= 0.3 is 0 Å². The molecule has 3 nitrogen and oxygen atoms in total. The number of pyridine rings is 1. The van der Waals surface area contributed by atoms with Crippen molar-refractivity contribution in [1.82, 2.24) is 10.3 Å². The molecule has 1 atom stereocenters. The van der Waals surface area contributed by atoms with Crippen molar-refractivity contribution in [3.8, 4) is 5.88 Å². The minimum Gasteiger partial charge on any atom is -0.473 e. The summed E-state index contributed by atoms with van der Waals surface area (Å²) in [7, 11) is 1.91. The second-order valence-electron chi connectivity index (χ2n) is 3.16. The van der Waals surface area contributed by atoms with Crippen molar-refractivity contribution in [3.63, 3.8) is 0 Å². The van der Waals surface area contributed by atoms with Gasteiger partial charge in [0.05, 0.1) is 0 Å². The van der Waals surface area contributed by atoms with Gasteiger partial charge < -0.3 is 10.1 Å². The lowest BCUT2D eigenvalue weighted by molar-refractivity contribution is 0.212. The Morgan fingerprint density at radius 1 is 1.62 bits per heavy atom. The Labute approximate surface area is 79.1 Å². The summed E-state index contributed by atoms with van der Waals surface area (Å²) < 4.78 is 5.56. The van der Waals surface area contributed by atoms with Gasteiger partial charge in [0.25, 0.3) is 0 Å². The van der Waals surface area contributed by atoms with Crippen molar-refractivity contribution < 1.29 is 4.74 Å². The van der Waals surface area contributed by atoms with Crippen LogP contribution in [-0.4, -0.2) is 24.7 Å². The average molecular weight is 180 g/mol. The van der Waals surface area contributed by atoms with E-state index in [0.29, 0.717) is 5.88 Å². The lowest BCUT2D eigenvalue weighted by Gasteiger charge is -2.12. The number of rotatable bonds is 4. The Balaban J connectivity index is 2.53. The summed E-state index contributed by atoms with van der Waals surface area (Å²) in [5.41, 5.74) is 1.17. The number of hydrogen-bond acceptors (Lipinski definition) is 3. The van der Waals surface area contributed by atoms with Crippen LogP contribution in [0, 0.1) is 6.92 Å². The first-order chi connectivity index (χ1) is 6.22. The van der Waals surface area contributed by atoms with E-state index in [-0.39, 0.29) is 6.10 Å². The van der Waals surface area contributed by atoms with Crippen molar-refractivity contribution in [2.45, 2.75) is 20.0 Å². The predicted octanol–water partition coefficient (Wildman–Crippen LogP) is 1.38. The normalized spacial score (nSPS) is 12.5. The molecule has 1 rings (SSSR count). The number of aryl methyl sites for hydroxylation is 1. The smallest absolute Gasteiger partial charge is 0.213 e. The van der Waals surface area contributed by atoms with Crippen LogP contribution in [0.3, 0.4) is 0 Å². The molecule has 0 saturated carbocycles. The fourth-order valence-corrected chi connectivity index (χ4v) is 1.11. The molecule has 0 amide bonds. The molecule has 0 aliphatic heterocycles. The highest BCUT2D eigenvalue weighted by molar-refractivity contribution is 5.18. The van der Waals surface area contributed by atoms with E-state index in [9.17, 15) is 0 Å². The van der Waals surface area contributed by atoms with Crippen LogP contribution in [0.15, 0.2) is 18.3 Å². The van der Waals surface area contributed by atoms with Gasteiger partial charge in [-0.3, -0.25) is 0 Å². The maximum atomic E-state index is 5.56. The largest absolute Gasteiger partial charge is 0.473 e. The molecule has 0 saturated heterocycles. The molecule has 1 aromatic rings. The molecule has 1 heterocycles. The van der Waals surface area contributed by atoms with Gasteiger partial charge in [-0.2, -0.15) is 0 Å². The number of likely N-dealkylation sites (N-methyl/N-ethyl adjacent to an activating group) is 1. The minimum atomic E-state index is 0.152. The van der Waals surface area contributed by atoms with Crippen LogP contribution in [-0.2, 0) is 0 Å². The zero-order valence-electron chi connectivity index (χ0n) is 8.37. The van der Waals surface area contributed by atoms with Crippen LogP contribution in [0.25, 0.3) is 0 Å². The first-order valence-electron chi connectivity index (χ1n) is 4.46. The maximum absolute atomic E-state index is 5.56. The van der Waals surface area contributed by atoms with Gasteiger partial charge in [0, 0.05) is 18.8 Å². The molecule has 3 heteroatoms. The standard InChI is InChI=1S/C10H16N2O/c1-8-4-5-12-10(6-8)13-9(2)7-11-3/h4-6,9,11H,7H2,1-3H3/t9-/m1/s1. The molecule has 0 radical (unpaired) electrons. The summed E-state index contributed by atoms with van der Waals surface area (Å²) in [5, 5.41) is 3.05. The highest BCUT2D eigenvalue weighted by Crippen LogP contribution is 2.09. The summed E-state index contributed by atoms with van der Waals surface area (Å²) in [6.45, 7) is 4.87. The average Bonchev–Trinajstić information content (AvgIpc) is 2.04. The van der Waals surface area contributed by atoms with Crippen molar-refractivity contribution in [1.29, 1.82) is 0 Å². The summed E-state index contributed by atoms with van der Waals surface area (Å²) in [6, 6.07) is 3.89. The maximum Gasteiger partial charge on any atom is 0.213 e. The second-order valence-corrected chi connectivity index (χ2v) is 3.16. The van der Waals surface area contributed by atoms with E-state index in [2.05, 4.69) is 10.3 Å². The van der Waals surface area contributed by atoms with E-state index in [0.717, 1.165) is 6.54 Å². The third-order valence-corrected chi connectivity index (χ3v) is 1.70. The van der Waals surface area contributed by atoms with Crippen molar-refractivity contribution in [2.75, 3.05) is 13.6 Å². The number of ether oxygens (including phenoxy) is 1. The highest BCUT2D eigenvalue weighted by atomic mass is 16.5. The van der Waals surface area contributed by atoms with Gasteiger partial charge in [-0.1, -0.05) is 0 Å². The number of nitrogens with zero attached hydrogens (tertiary/aromatic N) is 1. The first-order valence-corrected chi connectivity index (χ1v) is 4.46. The molecule has 0 aromatic carbocycles. The Morgan fingerprint density at radius 2 is 2.38 bits per heavy atom. The van der Waals surface area contributed by atoms with Crippen LogP contribution in [0.4, 0.5) is 0 Å². The molecule has 0 spiro atoms. The molecular weight excluding hydrogens is 164 g/mol. The van der Waals surface area contributed by atoms with E-state index >= 15 is 0 Å². The monoisotopic (exact) mass is 180 g/mol. The van der Waals surface area contributed by atoms with Crippen LogP contribution in [0.2, 0.25) is 0 Å². The fourth-order valence-electron chi connectivity index (χ4n) is 1.11. The Kier molecular flexibility index (Phi) is 3.71. The first kappa shape index (κ1) is 9.99. The van der Waals surface area contributed by atoms with Gasteiger partial charge in [0.1, 0.15) is 6.10 Å². The minimum absolute atomic E-state index is 0.152. The quantitative estimate of drug-likeness (QED) is 0.760. The number of aromatic nitrogens is 1. The second kappa shape index (κ2) is 4.82. The third kappa shape index (κ3) is 3.42. The topological polar surface area (TPSA) is 34.1 Å². The Morgan fingerprint density at radius 3 is 3.00 bits per heavy atom. The van der Waals surface area contributed by atoms with Crippen molar-refractivity contribution in [2.24, 2.45) is 0 Å². The molecular formula is C10H16N2O. The molecule has 13 heavy (non-hydrogen) atoms. The van der Waals surface area contributed by atoms with Crippen LogP contribution in [0.5, 0.6) is 5.88 Å². The molecule has 0 bridgehead atoms. The lowest BCUT2D eigenvalue weighted by atomic mass is 10.3. The van der Waals surface area contributed by atoms with Crippen LogP contribution >= 0.6 is 0 Å². The van der Waals surface area contributed by atoms with Gasteiger partial charge in [-0.25, -0.2) is 4.98 Å². The highest BCUT2D eigenvalue weighted by Gasteiger charge is 2.02. The van der Waals surface area contributed by atoms with Crippen LogP contribution < -0.4 is 10.1 Å². The van der Waals surface area contributed by atoms with Gasteiger partial charge in [0.2, 0.25) is 5.88 Å². The lowest BCUT2D eigenvalue weighted by Crippen LogP contribution is -2.26. The van der Waals surface area contributed by atoms with E-state index in [1.807, 2.05) is 33.0 Å². The molecule has 1 N–H and O–H groups in total. The summed E-state index contributed by atoms with van der Waals surface area (Å²) >= 11 is 0. The molecule has 1 aromatic heterocycles. The van der Waals surface area contributed by atoms with E-state index in [4.69, 9.17) is 4.74 Å². The zero-order valence-corrected chi connectivity index (χ0v) is 8.37. The van der Waals surface area contributed by atoms with E-state index in [1.165, 1.54) is 5.56 Å². The van der Waals surface area contributed by atoms with Gasteiger partial charge in [-0.15, -0.1) is 0 Å². The van der Waals surface area contributed by atoms with Gasteiger partial charge in [-0.05, 0) is 32.5 Å². The van der Waals surface area contributed by atoms with Gasteiger partial charge in [0.15, 0.2) is 0 Å². The van der Waals surface area contributed by atoms with E-state index in [1.54, 1.807) is 6.20 Å². The SMILES string of the molecule is CNC[C@@H](C)Oc1cc(C)ccn1.